The minimum Gasteiger partial charge on any atom is -0.369 e. The van der Waals surface area contributed by atoms with Gasteiger partial charge in [0.1, 0.15) is 5.82 Å². The molecular formula is C17H22N4. The van der Waals surface area contributed by atoms with Crippen LogP contribution in [0.2, 0.25) is 0 Å². The van der Waals surface area contributed by atoms with Gasteiger partial charge in [0.2, 0.25) is 0 Å². The molecule has 0 saturated heterocycles. The predicted molar refractivity (Wildman–Crippen MR) is 87.2 cm³/mol. The average molecular weight is 282 g/mol. The van der Waals surface area contributed by atoms with Crippen molar-refractivity contribution in [2.75, 3.05) is 23.3 Å². The normalized spacial score (nSPS) is 14.4. The number of fused-ring (bicyclic) bond motifs is 1. The molecule has 0 fully saturated rings. The second-order valence-corrected chi connectivity index (χ2v) is 5.43. The summed E-state index contributed by atoms with van der Waals surface area (Å²) in [6, 6.07) is 8.63. The van der Waals surface area contributed by atoms with Gasteiger partial charge in [-0.15, -0.1) is 0 Å². The van der Waals surface area contributed by atoms with E-state index in [0.717, 1.165) is 37.6 Å². The molecular weight excluding hydrogens is 260 g/mol. The second-order valence-electron chi connectivity index (χ2n) is 5.43. The van der Waals surface area contributed by atoms with Gasteiger partial charge in [-0.05, 0) is 37.3 Å². The quantitative estimate of drug-likeness (QED) is 0.926. The van der Waals surface area contributed by atoms with Gasteiger partial charge in [-0.1, -0.05) is 25.1 Å². The highest BCUT2D eigenvalue weighted by atomic mass is 15.2. The van der Waals surface area contributed by atoms with Gasteiger partial charge < -0.3 is 10.2 Å². The Hall–Kier alpha value is -2.10. The summed E-state index contributed by atoms with van der Waals surface area (Å²) in [4.78, 5) is 11.4. The molecule has 1 aromatic heterocycles. The molecule has 1 aliphatic heterocycles. The number of aromatic nitrogens is 2. The summed E-state index contributed by atoms with van der Waals surface area (Å²) in [6.45, 7) is 4.08. The summed E-state index contributed by atoms with van der Waals surface area (Å²) in [5, 5.41) is 3.31. The van der Waals surface area contributed by atoms with E-state index in [1.807, 2.05) is 6.20 Å². The van der Waals surface area contributed by atoms with Gasteiger partial charge in [-0.3, -0.25) is 4.98 Å². The molecule has 1 N–H and O–H groups in total. The van der Waals surface area contributed by atoms with Crippen LogP contribution in [-0.4, -0.2) is 23.1 Å². The molecule has 2 aromatic rings. The van der Waals surface area contributed by atoms with Crippen molar-refractivity contribution in [3.8, 4) is 0 Å². The van der Waals surface area contributed by atoms with Crippen LogP contribution in [0.1, 0.15) is 31.7 Å². The number of nitrogens with zero attached hydrogens (tertiary/aromatic N) is 3. The molecule has 0 bridgehead atoms. The van der Waals surface area contributed by atoms with Crippen LogP contribution in [0.3, 0.4) is 0 Å². The average Bonchev–Trinajstić information content (AvgIpc) is 2.75. The van der Waals surface area contributed by atoms with E-state index in [1.165, 1.54) is 24.1 Å². The number of rotatable bonds is 4. The number of para-hydroxylation sites is 1. The third-order valence-electron chi connectivity index (χ3n) is 3.81. The van der Waals surface area contributed by atoms with Crippen LogP contribution in [0.25, 0.3) is 0 Å². The van der Waals surface area contributed by atoms with E-state index in [9.17, 15) is 0 Å². The van der Waals surface area contributed by atoms with Gasteiger partial charge in [0, 0.05) is 18.8 Å². The van der Waals surface area contributed by atoms with Gasteiger partial charge in [0.15, 0.2) is 5.82 Å². The van der Waals surface area contributed by atoms with E-state index in [4.69, 9.17) is 4.98 Å². The summed E-state index contributed by atoms with van der Waals surface area (Å²) < 4.78 is 0. The molecule has 1 aromatic carbocycles. The minimum atomic E-state index is 0.857. The standard InChI is InChI=1S/C17H22N4/c1-2-10-19-16-12-18-13-17(20-16)21-11-6-5-8-14-7-3-4-9-15(14)21/h3-4,7,9,12-13H,2,5-6,8,10-11H2,1H3,(H,19,20). The SMILES string of the molecule is CCCNc1cncc(N2CCCCc3ccccc32)n1. The molecule has 4 nitrogen and oxygen atoms in total. The highest BCUT2D eigenvalue weighted by Gasteiger charge is 2.17. The molecule has 0 atom stereocenters. The number of hydrogen-bond acceptors (Lipinski definition) is 4. The predicted octanol–water partition coefficient (Wildman–Crippen LogP) is 3.77. The first-order valence-electron chi connectivity index (χ1n) is 7.80. The van der Waals surface area contributed by atoms with Crippen molar-refractivity contribution >= 4 is 17.3 Å². The van der Waals surface area contributed by atoms with E-state index < -0.39 is 0 Å². The zero-order valence-electron chi connectivity index (χ0n) is 12.5. The minimum absolute atomic E-state index is 0.857. The lowest BCUT2D eigenvalue weighted by atomic mass is 10.1. The Morgan fingerprint density at radius 2 is 2.10 bits per heavy atom. The molecule has 0 aliphatic carbocycles. The Bertz CT molecular complexity index is 597. The fourth-order valence-electron chi connectivity index (χ4n) is 2.75. The zero-order valence-corrected chi connectivity index (χ0v) is 12.5. The van der Waals surface area contributed by atoms with Crippen molar-refractivity contribution in [1.82, 2.24) is 9.97 Å². The number of aryl methyl sites for hydroxylation is 1. The Morgan fingerprint density at radius 1 is 1.19 bits per heavy atom. The Morgan fingerprint density at radius 3 is 3.00 bits per heavy atom. The van der Waals surface area contributed by atoms with E-state index in [0.29, 0.717) is 0 Å². The summed E-state index contributed by atoms with van der Waals surface area (Å²) in [7, 11) is 0. The molecule has 21 heavy (non-hydrogen) atoms. The number of hydrogen-bond donors (Lipinski definition) is 1. The van der Waals surface area contributed by atoms with Crippen molar-refractivity contribution in [3.05, 3.63) is 42.2 Å². The van der Waals surface area contributed by atoms with E-state index in [1.54, 1.807) is 6.20 Å². The molecule has 0 unspecified atom stereocenters. The number of anilines is 3. The van der Waals surface area contributed by atoms with Crippen LogP contribution in [0.5, 0.6) is 0 Å². The lowest BCUT2D eigenvalue weighted by Crippen LogP contribution is -2.20. The number of benzene rings is 1. The van der Waals surface area contributed by atoms with Crippen molar-refractivity contribution in [2.24, 2.45) is 0 Å². The molecule has 0 spiro atoms. The highest BCUT2D eigenvalue weighted by molar-refractivity contribution is 5.64. The van der Waals surface area contributed by atoms with Gasteiger partial charge in [0.25, 0.3) is 0 Å². The highest BCUT2D eigenvalue weighted by Crippen LogP contribution is 2.31. The third kappa shape index (κ3) is 3.15. The van der Waals surface area contributed by atoms with Crippen LogP contribution < -0.4 is 10.2 Å². The van der Waals surface area contributed by atoms with E-state index in [2.05, 4.69) is 46.4 Å². The lowest BCUT2D eigenvalue weighted by Gasteiger charge is -2.24. The lowest BCUT2D eigenvalue weighted by molar-refractivity contribution is 0.757. The maximum Gasteiger partial charge on any atom is 0.153 e. The van der Waals surface area contributed by atoms with Crippen LogP contribution in [-0.2, 0) is 6.42 Å². The molecule has 2 heterocycles. The first-order chi connectivity index (χ1) is 10.4. The molecule has 0 radical (unpaired) electrons. The Balaban J connectivity index is 1.92. The summed E-state index contributed by atoms with van der Waals surface area (Å²) in [6.07, 6.45) is 8.30. The first-order valence-corrected chi connectivity index (χ1v) is 7.80. The van der Waals surface area contributed by atoms with Crippen LogP contribution in [0.15, 0.2) is 36.7 Å². The molecule has 4 heteroatoms. The van der Waals surface area contributed by atoms with Crippen molar-refractivity contribution < 1.29 is 0 Å². The maximum absolute atomic E-state index is 4.73. The number of nitrogens with one attached hydrogen (secondary N) is 1. The maximum atomic E-state index is 4.73. The van der Waals surface area contributed by atoms with E-state index in [-0.39, 0.29) is 0 Å². The third-order valence-corrected chi connectivity index (χ3v) is 3.81. The topological polar surface area (TPSA) is 41.1 Å². The van der Waals surface area contributed by atoms with Crippen molar-refractivity contribution in [1.29, 1.82) is 0 Å². The smallest absolute Gasteiger partial charge is 0.153 e. The molecule has 3 rings (SSSR count). The van der Waals surface area contributed by atoms with Crippen molar-refractivity contribution in [3.63, 3.8) is 0 Å². The second kappa shape index (κ2) is 6.57. The van der Waals surface area contributed by atoms with Crippen LogP contribution >= 0.6 is 0 Å². The summed E-state index contributed by atoms with van der Waals surface area (Å²) in [5.74, 6) is 1.79. The molecule has 110 valence electrons. The van der Waals surface area contributed by atoms with Crippen LogP contribution in [0, 0.1) is 0 Å². The van der Waals surface area contributed by atoms with Gasteiger partial charge >= 0.3 is 0 Å². The molecule has 0 saturated carbocycles. The van der Waals surface area contributed by atoms with Gasteiger partial charge in [0.05, 0.1) is 12.4 Å². The van der Waals surface area contributed by atoms with Gasteiger partial charge in [-0.25, -0.2) is 4.98 Å². The van der Waals surface area contributed by atoms with Gasteiger partial charge in [-0.2, -0.15) is 0 Å². The molecule has 0 amide bonds. The first kappa shape index (κ1) is 13.9. The Kier molecular flexibility index (Phi) is 4.34. The van der Waals surface area contributed by atoms with E-state index >= 15 is 0 Å². The summed E-state index contributed by atoms with van der Waals surface area (Å²) in [5.41, 5.74) is 2.68. The van der Waals surface area contributed by atoms with Crippen LogP contribution in [0.4, 0.5) is 17.3 Å². The van der Waals surface area contributed by atoms with Crippen molar-refractivity contribution in [2.45, 2.75) is 32.6 Å². The Labute approximate surface area is 126 Å². The molecule has 1 aliphatic rings. The zero-order chi connectivity index (χ0) is 14.5. The fourth-order valence-corrected chi connectivity index (χ4v) is 2.75. The fraction of sp³-hybridized carbons (Fsp3) is 0.412. The largest absolute Gasteiger partial charge is 0.369 e. The summed E-state index contributed by atoms with van der Waals surface area (Å²) >= 11 is 0. The monoisotopic (exact) mass is 282 g/mol.